The van der Waals surface area contributed by atoms with Gasteiger partial charge in [-0.05, 0) is 18.9 Å². The lowest BCUT2D eigenvalue weighted by atomic mass is 9.91. The van der Waals surface area contributed by atoms with Crippen LogP contribution >= 0.6 is 0 Å². The average molecular weight is 326 g/mol. The van der Waals surface area contributed by atoms with Crippen molar-refractivity contribution in [2.45, 2.75) is 26.2 Å². The second-order valence-electron chi connectivity index (χ2n) is 6.36. The molecule has 126 valence electrons. The second kappa shape index (κ2) is 5.81. The summed E-state index contributed by atoms with van der Waals surface area (Å²) in [6.45, 7) is 6.31. The molecular formula is C17H22N6O. The van der Waals surface area contributed by atoms with Gasteiger partial charge in [-0.25, -0.2) is 14.8 Å². The Kier molecular flexibility index (Phi) is 3.63. The van der Waals surface area contributed by atoms with Gasteiger partial charge in [0.05, 0.1) is 11.7 Å². The third-order valence-electron chi connectivity index (χ3n) is 5.03. The van der Waals surface area contributed by atoms with Gasteiger partial charge in [0.2, 0.25) is 0 Å². The maximum absolute atomic E-state index is 12.2. The number of nitrogens with zero attached hydrogens (tertiary/aromatic N) is 4. The number of nitrogens with one attached hydrogen (secondary N) is 2. The highest BCUT2D eigenvalue weighted by molar-refractivity contribution is 5.76. The van der Waals surface area contributed by atoms with E-state index in [2.05, 4.69) is 31.6 Å². The molecule has 1 fully saturated rings. The number of hydrogen-bond acceptors (Lipinski definition) is 3. The summed E-state index contributed by atoms with van der Waals surface area (Å²) in [6.07, 6.45) is 6.67. The molecule has 3 aromatic rings. The third kappa shape index (κ3) is 2.23. The van der Waals surface area contributed by atoms with E-state index < -0.39 is 0 Å². The van der Waals surface area contributed by atoms with Gasteiger partial charge < -0.3 is 15.2 Å². The fraction of sp³-hybridized carbons (Fsp3) is 0.471. The molecule has 2 amide bonds. The van der Waals surface area contributed by atoms with Crippen LogP contribution in [-0.2, 0) is 0 Å². The predicted molar refractivity (Wildman–Crippen MR) is 92.0 cm³/mol. The van der Waals surface area contributed by atoms with Crippen LogP contribution in [0.1, 0.15) is 31.9 Å². The Hall–Kier alpha value is -2.57. The molecule has 24 heavy (non-hydrogen) atoms. The Balaban J connectivity index is 1.76. The standard InChI is InChI=1S/C17H22N6O/c1-3-11-9-22(17(24)18-4-2)10-12(11)14-7-20-15-8-21-16-13(23(14)15)5-6-19-16/h5-8,11-12,19H,3-4,9-10H2,1-2H3,(H,18,24)/t11-,12+/m1/s1. The first-order chi connectivity index (χ1) is 11.7. The quantitative estimate of drug-likeness (QED) is 0.775. The van der Waals surface area contributed by atoms with E-state index in [-0.39, 0.29) is 11.9 Å². The van der Waals surface area contributed by atoms with Gasteiger partial charge >= 0.3 is 6.03 Å². The molecule has 0 bridgehead atoms. The summed E-state index contributed by atoms with van der Waals surface area (Å²) in [5.41, 5.74) is 3.90. The number of rotatable bonds is 3. The molecule has 1 aliphatic rings. The molecule has 1 aliphatic heterocycles. The lowest BCUT2D eigenvalue weighted by Crippen LogP contribution is -2.38. The molecule has 3 aromatic heterocycles. The van der Waals surface area contributed by atoms with Crippen LogP contribution in [0.5, 0.6) is 0 Å². The Morgan fingerprint density at radius 1 is 1.33 bits per heavy atom. The number of carbonyl (C=O) groups is 1. The lowest BCUT2D eigenvalue weighted by Gasteiger charge is -2.17. The van der Waals surface area contributed by atoms with Gasteiger partial charge in [-0.3, -0.25) is 4.40 Å². The average Bonchev–Trinajstić information content (AvgIpc) is 3.30. The number of imidazole rings is 1. The van der Waals surface area contributed by atoms with Crippen LogP contribution in [0.4, 0.5) is 4.79 Å². The van der Waals surface area contributed by atoms with Gasteiger partial charge in [-0.2, -0.15) is 0 Å². The van der Waals surface area contributed by atoms with Gasteiger partial charge in [0.15, 0.2) is 11.3 Å². The minimum Gasteiger partial charge on any atom is -0.345 e. The predicted octanol–water partition coefficient (Wildman–Crippen LogP) is 2.37. The molecular weight excluding hydrogens is 304 g/mol. The van der Waals surface area contributed by atoms with Crippen molar-refractivity contribution in [1.29, 1.82) is 0 Å². The number of aromatic nitrogens is 4. The summed E-state index contributed by atoms with van der Waals surface area (Å²) >= 11 is 0. The van der Waals surface area contributed by atoms with E-state index in [1.807, 2.05) is 30.3 Å². The fourth-order valence-corrected chi connectivity index (χ4v) is 3.80. The number of likely N-dealkylation sites (tertiary alicyclic amines) is 1. The zero-order chi connectivity index (χ0) is 16.7. The van der Waals surface area contributed by atoms with Crippen LogP contribution < -0.4 is 5.32 Å². The monoisotopic (exact) mass is 326 g/mol. The van der Waals surface area contributed by atoms with E-state index >= 15 is 0 Å². The van der Waals surface area contributed by atoms with E-state index in [1.165, 1.54) is 0 Å². The maximum Gasteiger partial charge on any atom is 0.317 e. The molecule has 0 spiro atoms. The zero-order valence-corrected chi connectivity index (χ0v) is 14.0. The zero-order valence-electron chi connectivity index (χ0n) is 14.0. The van der Waals surface area contributed by atoms with Crippen LogP contribution in [0.2, 0.25) is 0 Å². The number of H-pyrrole nitrogens is 1. The minimum atomic E-state index is 0.0285. The van der Waals surface area contributed by atoms with Crippen LogP contribution in [0.3, 0.4) is 0 Å². The van der Waals surface area contributed by atoms with E-state index in [9.17, 15) is 4.79 Å². The molecule has 1 saturated heterocycles. The molecule has 4 heterocycles. The van der Waals surface area contributed by atoms with Crippen LogP contribution in [0.15, 0.2) is 24.7 Å². The smallest absolute Gasteiger partial charge is 0.317 e. The number of hydrogen-bond donors (Lipinski definition) is 2. The van der Waals surface area contributed by atoms with Crippen molar-refractivity contribution in [2.24, 2.45) is 5.92 Å². The van der Waals surface area contributed by atoms with Crippen molar-refractivity contribution in [2.75, 3.05) is 19.6 Å². The molecule has 4 rings (SSSR count). The largest absolute Gasteiger partial charge is 0.345 e. The first kappa shape index (κ1) is 15.0. The van der Waals surface area contributed by atoms with Gasteiger partial charge in [-0.1, -0.05) is 13.3 Å². The topological polar surface area (TPSA) is 78.3 Å². The van der Waals surface area contributed by atoms with Gasteiger partial charge in [-0.15, -0.1) is 0 Å². The van der Waals surface area contributed by atoms with Crippen molar-refractivity contribution in [3.8, 4) is 0 Å². The van der Waals surface area contributed by atoms with Crippen molar-refractivity contribution >= 4 is 22.8 Å². The number of urea groups is 1. The molecule has 7 heteroatoms. The fourth-order valence-electron chi connectivity index (χ4n) is 3.80. The first-order valence-corrected chi connectivity index (χ1v) is 8.55. The molecule has 2 atom stereocenters. The van der Waals surface area contributed by atoms with Crippen LogP contribution in [0.25, 0.3) is 16.8 Å². The van der Waals surface area contributed by atoms with Crippen molar-refractivity contribution < 1.29 is 4.79 Å². The highest BCUT2D eigenvalue weighted by Gasteiger charge is 2.36. The van der Waals surface area contributed by atoms with E-state index in [1.54, 1.807) is 6.20 Å². The minimum absolute atomic E-state index is 0.0285. The maximum atomic E-state index is 12.2. The Morgan fingerprint density at radius 2 is 2.21 bits per heavy atom. The number of fused-ring (bicyclic) bond motifs is 3. The van der Waals surface area contributed by atoms with E-state index in [4.69, 9.17) is 0 Å². The van der Waals surface area contributed by atoms with Crippen molar-refractivity contribution in [3.63, 3.8) is 0 Å². The second-order valence-corrected chi connectivity index (χ2v) is 6.36. The summed E-state index contributed by atoms with van der Waals surface area (Å²) in [5.74, 6) is 0.725. The SMILES string of the molecule is CCNC(=O)N1C[C@@H](CC)[C@@H](c2cnc3cnc4[nH]ccc4n23)C1. The number of carbonyl (C=O) groups excluding carboxylic acids is 1. The van der Waals surface area contributed by atoms with Gasteiger partial charge in [0.1, 0.15) is 0 Å². The summed E-state index contributed by atoms with van der Waals surface area (Å²) in [7, 11) is 0. The van der Waals surface area contributed by atoms with Crippen molar-refractivity contribution in [3.05, 3.63) is 30.4 Å². The molecule has 2 N–H and O–H groups in total. The third-order valence-corrected chi connectivity index (χ3v) is 5.03. The summed E-state index contributed by atoms with van der Waals surface area (Å²) < 4.78 is 2.17. The number of aromatic amines is 1. The lowest BCUT2D eigenvalue weighted by molar-refractivity contribution is 0.207. The molecule has 0 saturated carbocycles. The Bertz CT molecular complexity index is 882. The van der Waals surface area contributed by atoms with Crippen LogP contribution in [0, 0.1) is 5.92 Å². The summed E-state index contributed by atoms with van der Waals surface area (Å²) in [5, 5.41) is 2.91. The normalized spacial score (nSPS) is 21.0. The number of amides is 2. The molecule has 0 unspecified atom stereocenters. The Labute approximate surface area is 140 Å². The van der Waals surface area contributed by atoms with Gasteiger partial charge in [0, 0.05) is 43.6 Å². The molecule has 0 radical (unpaired) electrons. The molecule has 0 aliphatic carbocycles. The summed E-state index contributed by atoms with van der Waals surface area (Å²) in [6, 6.07) is 2.05. The van der Waals surface area contributed by atoms with Crippen LogP contribution in [-0.4, -0.2) is 49.9 Å². The first-order valence-electron chi connectivity index (χ1n) is 8.55. The molecule has 7 nitrogen and oxygen atoms in total. The molecule has 0 aromatic carbocycles. The van der Waals surface area contributed by atoms with E-state index in [0.717, 1.165) is 42.0 Å². The van der Waals surface area contributed by atoms with Crippen molar-refractivity contribution in [1.82, 2.24) is 29.6 Å². The van der Waals surface area contributed by atoms with E-state index in [0.29, 0.717) is 12.5 Å². The Morgan fingerprint density at radius 3 is 3.00 bits per heavy atom. The highest BCUT2D eigenvalue weighted by atomic mass is 16.2. The van der Waals surface area contributed by atoms with Gasteiger partial charge in [0.25, 0.3) is 0 Å². The highest BCUT2D eigenvalue weighted by Crippen LogP contribution is 2.35. The summed E-state index contributed by atoms with van der Waals surface area (Å²) in [4.78, 5) is 26.3.